The Morgan fingerprint density at radius 2 is 1.87 bits per heavy atom. The molecule has 2 aromatic carbocycles. The molecule has 0 fully saturated rings. The second-order valence-corrected chi connectivity index (χ2v) is 7.58. The van der Waals surface area contributed by atoms with Crippen molar-refractivity contribution >= 4 is 29.2 Å². The molecule has 1 atom stereocenters. The summed E-state index contributed by atoms with van der Waals surface area (Å²) in [5.74, 6) is -0.205. The number of amides is 2. The Hall–Kier alpha value is -3.35. The molecule has 0 saturated carbocycles. The van der Waals surface area contributed by atoms with Crippen LogP contribution in [0.25, 0.3) is 0 Å². The summed E-state index contributed by atoms with van der Waals surface area (Å²) in [6.07, 6.45) is 0.691. The zero-order chi connectivity index (χ0) is 21.4. The van der Waals surface area contributed by atoms with Gasteiger partial charge in [-0.3, -0.25) is 14.4 Å². The van der Waals surface area contributed by atoms with Gasteiger partial charge in [0.2, 0.25) is 5.91 Å². The molecule has 2 heterocycles. The highest BCUT2D eigenvalue weighted by atomic mass is 16.5. The minimum absolute atomic E-state index is 0.00113. The van der Waals surface area contributed by atoms with Gasteiger partial charge in [0, 0.05) is 18.7 Å². The van der Waals surface area contributed by atoms with E-state index in [0.717, 1.165) is 16.8 Å². The summed E-state index contributed by atoms with van der Waals surface area (Å²) in [6, 6.07) is 11.2. The van der Waals surface area contributed by atoms with E-state index >= 15 is 0 Å². The SMILES string of the molecule is COC(=O)CCC(=O)N1C[C@@H]2Cc3ccccc3N2C(=O)c2cc(OC)c(C)cc21. The van der Waals surface area contributed by atoms with Crippen molar-refractivity contribution < 1.29 is 23.9 Å². The number of aryl methyl sites for hydroxylation is 1. The zero-order valence-electron chi connectivity index (χ0n) is 17.3. The molecule has 2 aromatic rings. The van der Waals surface area contributed by atoms with Crippen LogP contribution in [-0.2, 0) is 20.7 Å². The molecule has 0 radical (unpaired) electrons. The van der Waals surface area contributed by atoms with Gasteiger partial charge in [0.15, 0.2) is 0 Å². The molecule has 0 unspecified atom stereocenters. The monoisotopic (exact) mass is 408 g/mol. The summed E-state index contributed by atoms with van der Waals surface area (Å²) < 4.78 is 10.1. The standard InChI is InChI=1S/C23H24N2O5/c1-14-10-19-17(12-20(14)29-2)23(28)25-16(11-15-6-4-5-7-18(15)25)13-24(19)21(26)8-9-22(27)30-3/h4-7,10,12,16H,8-9,11,13H2,1-3H3/t16-/m0/s1. The number of para-hydroxylation sites is 1. The number of rotatable bonds is 4. The van der Waals surface area contributed by atoms with Gasteiger partial charge in [0.1, 0.15) is 5.75 Å². The maximum absolute atomic E-state index is 13.6. The molecule has 0 bridgehead atoms. The second-order valence-electron chi connectivity index (χ2n) is 7.58. The Morgan fingerprint density at radius 3 is 2.60 bits per heavy atom. The van der Waals surface area contributed by atoms with Crippen LogP contribution >= 0.6 is 0 Å². The molecule has 4 rings (SSSR count). The van der Waals surface area contributed by atoms with Gasteiger partial charge in [-0.15, -0.1) is 0 Å². The Balaban J connectivity index is 1.79. The van der Waals surface area contributed by atoms with Gasteiger partial charge < -0.3 is 19.3 Å². The predicted octanol–water partition coefficient (Wildman–Crippen LogP) is 2.87. The third-order valence-electron chi connectivity index (χ3n) is 5.79. The number of fused-ring (bicyclic) bond motifs is 4. The minimum atomic E-state index is -0.435. The van der Waals surface area contributed by atoms with Crippen LogP contribution in [0.4, 0.5) is 11.4 Å². The molecule has 0 saturated heterocycles. The van der Waals surface area contributed by atoms with E-state index < -0.39 is 5.97 Å². The maximum Gasteiger partial charge on any atom is 0.306 e. The van der Waals surface area contributed by atoms with Gasteiger partial charge >= 0.3 is 5.97 Å². The lowest BCUT2D eigenvalue weighted by molar-refractivity contribution is -0.141. The zero-order valence-corrected chi connectivity index (χ0v) is 17.3. The molecule has 7 heteroatoms. The fourth-order valence-electron chi connectivity index (χ4n) is 4.29. The smallest absolute Gasteiger partial charge is 0.306 e. The summed E-state index contributed by atoms with van der Waals surface area (Å²) in [4.78, 5) is 41.7. The molecule has 30 heavy (non-hydrogen) atoms. The van der Waals surface area contributed by atoms with E-state index in [-0.39, 0.29) is 30.7 Å². The van der Waals surface area contributed by atoms with Crippen LogP contribution in [0.1, 0.15) is 34.3 Å². The Kier molecular flexibility index (Phi) is 5.20. The van der Waals surface area contributed by atoms with Crippen molar-refractivity contribution in [1.29, 1.82) is 0 Å². The van der Waals surface area contributed by atoms with Crippen molar-refractivity contribution in [3.8, 4) is 5.75 Å². The Bertz CT molecular complexity index is 1030. The Labute approximate surface area is 175 Å². The quantitative estimate of drug-likeness (QED) is 0.727. The number of carbonyl (C=O) groups excluding carboxylic acids is 3. The average molecular weight is 408 g/mol. The van der Waals surface area contributed by atoms with E-state index in [1.807, 2.05) is 37.3 Å². The van der Waals surface area contributed by atoms with Gasteiger partial charge in [0.05, 0.1) is 37.9 Å². The fraction of sp³-hybridized carbons (Fsp3) is 0.348. The first-order valence-corrected chi connectivity index (χ1v) is 9.92. The average Bonchev–Trinajstić information content (AvgIpc) is 3.07. The molecule has 0 aliphatic carbocycles. The Morgan fingerprint density at radius 1 is 1.10 bits per heavy atom. The maximum atomic E-state index is 13.6. The number of esters is 1. The number of nitrogens with zero attached hydrogens (tertiary/aromatic N) is 2. The lowest BCUT2D eigenvalue weighted by Crippen LogP contribution is -2.44. The number of hydrogen-bond acceptors (Lipinski definition) is 5. The van der Waals surface area contributed by atoms with E-state index in [0.29, 0.717) is 30.0 Å². The van der Waals surface area contributed by atoms with Crippen LogP contribution in [0.5, 0.6) is 5.75 Å². The van der Waals surface area contributed by atoms with Crippen LogP contribution in [-0.4, -0.2) is 44.6 Å². The summed E-state index contributed by atoms with van der Waals surface area (Å²) in [5, 5.41) is 0. The number of benzene rings is 2. The first-order valence-electron chi connectivity index (χ1n) is 9.92. The topological polar surface area (TPSA) is 76.2 Å². The molecule has 0 N–H and O–H groups in total. The molecular weight excluding hydrogens is 384 g/mol. The highest BCUT2D eigenvalue weighted by Gasteiger charge is 2.41. The number of carbonyl (C=O) groups is 3. The summed E-state index contributed by atoms with van der Waals surface area (Å²) in [6.45, 7) is 2.24. The largest absolute Gasteiger partial charge is 0.496 e. The number of anilines is 2. The molecule has 0 aromatic heterocycles. The first-order chi connectivity index (χ1) is 14.4. The summed E-state index contributed by atoms with van der Waals surface area (Å²) in [5.41, 5.74) is 3.77. The van der Waals surface area contributed by atoms with Crippen molar-refractivity contribution in [2.75, 3.05) is 30.6 Å². The van der Waals surface area contributed by atoms with Crippen LogP contribution in [0.3, 0.4) is 0 Å². The lowest BCUT2D eigenvalue weighted by Gasteiger charge is -2.27. The van der Waals surface area contributed by atoms with Crippen molar-refractivity contribution in [3.05, 3.63) is 53.1 Å². The molecule has 2 amide bonds. The lowest BCUT2D eigenvalue weighted by atomic mass is 10.0. The van der Waals surface area contributed by atoms with Crippen molar-refractivity contribution in [3.63, 3.8) is 0 Å². The summed E-state index contributed by atoms with van der Waals surface area (Å²) >= 11 is 0. The third kappa shape index (κ3) is 3.30. The van der Waals surface area contributed by atoms with Crippen LogP contribution in [0.2, 0.25) is 0 Å². The first kappa shape index (κ1) is 19.9. The van der Waals surface area contributed by atoms with Gasteiger partial charge in [-0.05, 0) is 42.7 Å². The van der Waals surface area contributed by atoms with Gasteiger partial charge in [-0.1, -0.05) is 18.2 Å². The van der Waals surface area contributed by atoms with Gasteiger partial charge in [0.25, 0.3) is 5.91 Å². The molecule has 2 aliphatic rings. The normalized spacial score (nSPS) is 17.0. The molecule has 7 nitrogen and oxygen atoms in total. The number of methoxy groups -OCH3 is 2. The van der Waals surface area contributed by atoms with E-state index in [1.54, 1.807) is 23.0 Å². The third-order valence-corrected chi connectivity index (χ3v) is 5.79. The molecule has 2 aliphatic heterocycles. The number of hydrogen-bond donors (Lipinski definition) is 0. The van der Waals surface area contributed by atoms with E-state index in [9.17, 15) is 14.4 Å². The summed E-state index contributed by atoms with van der Waals surface area (Å²) in [7, 11) is 2.86. The van der Waals surface area contributed by atoms with Gasteiger partial charge in [-0.2, -0.15) is 0 Å². The van der Waals surface area contributed by atoms with Crippen molar-refractivity contribution in [2.24, 2.45) is 0 Å². The van der Waals surface area contributed by atoms with Crippen LogP contribution < -0.4 is 14.5 Å². The van der Waals surface area contributed by atoms with E-state index in [1.165, 1.54) is 7.11 Å². The molecule has 156 valence electrons. The van der Waals surface area contributed by atoms with Crippen molar-refractivity contribution in [1.82, 2.24) is 0 Å². The number of ether oxygens (including phenoxy) is 2. The van der Waals surface area contributed by atoms with Gasteiger partial charge in [-0.25, -0.2) is 0 Å². The second kappa shape index (κ2) is 7.82. The van der Waals surface area contributed by atoms with Crippen LogP contribution in [0, 0.1) is 6.92 Å². The highest BCUT2D eigenvalue weighted by molar-refractivity contribution is 6.14. The molecule has 0 spiro atoms. The minimum Gasteiger partial charge on any atom is -0.496 e. The molecular formula is C23H24N2O5. The predicted molar refractivity (Wildman–Crippen MR) is 112 cm³/mol. The van der Waals surface area contributed by atoms with Crippen molar-refractivity contribution in [2.45, 2.75) is 32.2 Å². The van der Waals surface area contributed by atoms with E-state index in [4.69, 9.17) is 4.74 Å². The highest BCUT2D eigenvalue weighted by Crippen LogP contribution is 2.40. The van der Waals surface area contributed by atoms with E-state index in [2.05, 4.69) is 4.74 Å². The fourth-order valence-corrected chi connectivity index (χ4v) is 4.29. The van der Waals surface area contributed by atoms with Crippen LogP contribution in [0.15, 0.2) is 36.4 Å².